The molecule has 0 fully saturated rings. The van der Waals surface area contributed by atoms with Crippen LogP contribution in [-0.2, 0) is 13.1 Å². The lowest BCUT2D eigenvalue weighted by Gasteiger charge is -2.11. The largest absolute Gasteiger partial charge is 0.472 e. The molecular formula is C29H26N4O3. The maximum atomic E-state index is 12.9. The van der Waals surface area contributed by atoms with Crippen molar-refractivity contribution in [3.63, 3.8) is 0 Å². The average Bonchev–Trinajstić information content (AvgIpc) is 3.39. The number of rotatable bonds is 7. The highest BCUT2D eigenvalue weighted by Gasteiger charge is 2.11. The molecule has 0 aliphatic carbocycles. The molecule has 0 radical (unpaired) electrons. The third-order valence-electron chi connectivity index (χ3n) is 5.92. The van der Waals surface area contributed by atoms with Gasteiger partial charge in [-0.05, 0) is 73.3 Å². The van der Waals surface area contributed by atoms with Gasteiger partial charge >= 0.3 is 0 Å². The number of nitrogens with zero attached hydrogens (tertiary/aromatic N) is 3. The van der Waals surface area contributed by atoms with Crippen LogP contribution in [0.4, 0.5) is 5.69 Å². The van der Waals surface area contributed by atoms with Crippen molar-refractivity contribution in [3.8, 4) is 11.1 Å². The Kier molecular flexibility index (Phi) is 6.47. The second-order valence-corrected chi connectivity index (χ2v) is 9.01. The predicted molar refractivity (Wildman–Crippen MR) is 141 cm³/mol. The van der Waals surface area contributed by atoms with Crippen molar-refractivity contribution in [3.05, 3.63) is 119 Å². The number of carbonyl (C=O) groups is 1. The van der Waals surface area contributed by atoms with Crippen LogP contribution in [0.5, 0.6) is 0 Å². The van der Waals surface area contributed by atoms with Gasteiger partial charge in [-0.15, -0.1) is 0 Å². The van der Waals surface area contributed by atoms with E-state index in [4.69, 9.17) is 4.42 Å². The topological polar surface area (TPSA) is 80.4 Å². The van der Waals surface area contributed by atoms with E-state index in [1.54, 1.807) is 36.8 Å². The van der Waals surface area contributed by atoms with Crippen LogP contribution in [0.25, 0.3) is 22.0 Å². The van der Waals surface area contributed by atoms with Gasteiger partial charge in [0.05, 0.1) is 36.3 Å². The van der Waals surface area contributed by atoms with Crippen LogP contribution in [0.15, 0.2) is 101 Å². The Balaban J connectivity index is 1.31. The first kappa shape index (κ1) is 23.3. The Hall–Kier alpha value is -4.49. The summed E-state index contributed by atoms with van der Waals surface area (Å²) < 4.78 is 6.59. The second-order valence-electron chi connectivity index (χ2n) is 9.01. The van der Waals surface area contributed by atoms with Crippen LogP contribution in [0.1, 0.15) is 21.5 Å². The van der Waals surface area contributed by atoms with E-state index >= 15 is 0 Å². The molecule has 0 aliphatic rings. The Morgan fingerprint density at radius 2 is 1.81 bits per heavy atom. The number of hydrogen-bond acceptors (Lipinski definition) is 5. The van der Waals surface area contributed by atoms with Crippen LogP contribution >= 0.6 is 0 Å². The van der Waals surface area contributed by atoms with E-state index in [1.807, 2.05) is 24.3 Å². The number of amides is 1. The molecule has 5 aromatic rings. The van der Waals surface area contributed by atoms with E-state index in [9.17, 15) is 9.59 Å². The molecule has 180 valence electrons. The number of fused-ring (bicyclic) bond motifs is 1. The lowest BCUT2D eigenvalue weighted by atomic mass is 10.0. The summed E-state index contributed by atoms with van der Waals surface area (Å²) >= 11 is 0. The highest BCUT2D eigenvalue weighted by molar-refractivity contribution is 6.06. The van der Waals surface area contributed by atoms with E-state index in [2.05, 4.69) is 53.6 Å². The molecule has 0 atom stereocenters. The zero-order chi connectivity index (χ0) is 25.1. The van der Waals surface area contributed by atoms with Gasteiger partial charge < -0.3 is 14.6 Å². The molecule has 7 heteroatoms. The minimum absolute atomic E-state index is 0.168. The number of hydrogen-bond donors (Lipinski definition) is 1. The molecule has 5 rings (SSSR count). The number of furan rings is 1. The van der Waals surface area contributed by atoms with Gasteiger partial charge in [0.25, 0.3) is 11.5 Å². The zero-order valence-corrected chi connectivity index (χ0v) is 20.1. The third kappa shape index (κ3) is 5.11. The molecule has 2 heterocycles. The van der Waals surface area contributed by atoms with E-state index < -0.39 is 0 Å². The van der Waals surface area contributed by atoms with E-state index in [-0.39, 0.29) is 11.5 Å². The van der Waals surface area contributed by atoms with Gasteiger partial charge in [-0.1, -0.05) is 30.3 Å². The molecule has 3 aromatic carbocycles. The van der Waals surface area contributed by atoms with Crippen molar-refractivity contribution in [1.29, 1.82) is 0 Å². The number of anilines is 1. The van der Waals surface area contributed by atoms with Crippen LogP contribution in [-0.4, -0.2) is 34.5 Å². The second kappa shape index (κ2) is 10.0. The fourth-order valence-electron chi connectivity index (χ4n) is 4.16. The predicted octanol–water partition coefficient (Wildman–Crippen LogP) is 5.02. The smallest absolute Gasteiger partial charge is 0.261 e. The molecule has 0 saturated heterocycles. The van der Waals surface area contributed by atoms with Crippen molar-refractivity contribution in [1.82, 2.24) is 14.5 Å². The first-order chi connectivity index (χ1) is 17.5. The minimum atomic E-state index is -0.262. The monoisotopic (exact) mass is 478 g/mol. The number of nitrogens with one attached hydrogen (secondary N) is 1. The van der Waals surface area contributed by atoms with Gasteiger partial charge in [-0.2, -0.15) is 0 Å². The molecule has 1 N–H and O–H groups in total. The zero-order valence-electron chi connectivity index (χ0n) is 20.1. The summed E-state index contributed by atoms with van der Waals surface area (Å²) in [6.45, 7) is 1.25. The van der Waals surface area contributed by atoms with Gasteiger partial charge in [0.15, 0.2) is 0 Å². The standard InChI is InChI=1S/C29H26N4O3/c1-32(2)16-20-4-3-5-23(14-20)22-6-9-25(10-7-22)31-28(34)24-8-11-26-27(15-24)30-19-33(29(26)35)17-21-12-13-36-18-21/h3-15,18-19H,16-17H2,1-2H3,(H,31,34). The Morgan fingerprint density at radius 1 is 0.972 bits per heavy atom. The normalized spacial score (nSPS) is 11.2. The molecule has 1 amide bonds. The lowest BCUT2D eigenvalue weighted by Crippen LogP contribution is -2.21. The molecule has 0 saturated carbocycles. The summed E-state index contributed by atoms with van der Waals surface area (Å²) in [5, 5.41) is 3.38. The van der Waals surface area contributed by atoms with Gasteiger partial charge in [0.1, 0.15) is 0 Å². The first-order valence-electron chi connectivity index (χ1n) is 11.6. The molecule has 2 aromatic heterocycles. The summed E-state index contributed by atoms with van der Waals surface area (Å²) in [4.78, 5) is 32.3. The summed E-state index contributed by atoms with van der Waals surface area (Å²) in [5.74, 6) is -0.262. The first-order valence-corrected chi connectivity index (χ1v) is 11.6. The van der Waals surface area contributed by atoms with Gasteiger partial charge in [-0.25, -0.2) is 4.98 Å². The van der Waals surface area contributed by atoms with Gasteiger partial charge in [0, 0.05) is 23.4 Å². The number of benzene rings is 3. The van der Waals surface area contributed by atoms with Crippen molar-refractivity contribution < 1.29 is 9.21 Å². The summed E-state index contributed by atoms with van der Waals surface area (Å²) in [5.41, 5.74) is 5.76. The summed E-state index contributed by atoms with van der Waals surface area (Å²) in [6.07, 6.45) is 4.65. The average molecular weight is 479 g/mol. The fraction of sp³-hybridized carbons (Fsp3) is 0.138. The highest BCUT2D eigenvalue weighted by atomic mass is 16.3. The maximum absolute atomic E-state index is 12.9. The van der Waals surface area contributed by atoms with Crippen molar-refractivity contribution >= 4 is 22.5 Å². The van der Waals surface area contributed by atoms with Crippen molar-refractivity contribution in [2.45, 2.75) is 13.1 Å². The quantitative estimate of drug-likeness (QED) is 0.355. The summed E-state index contributed by atoms with van der Waals surface area (Å²) in [7, 11) is 4.10. The van der Waals surface area contributed by atoms with E-state index in [0.717, 1.165) is 23.2 Å². The van der Waals surface area contributed by atoms with Crippen LogP contribution in [0.3, 0.4) is 0 Å². The van der Waals surface area contributed by atoms with Crippen molar-refractivity contribution in [2.75, 3.05) is 19.4 Å². The Morgan fingerprint density at radius 3 is 2.56 bits per heavy atom. The van der Waals surface area contributed by atoms with Gasteiger partial charge in [0.2, 0.25) is 0 Å². The van der Waals surface area contributed by atoms with E-state index in [1.165, 1.54) is 16.5 Å². The Bertz CT molecular complexity index is 1570. The molecule has 0 spiro atoms. The fourth-order valence-corrected chi connectivity index (χ4v) is 4.16. The van der Waals surface area contributed by atoms with Crippen molar-refractivity contribution in [2.24, 2.45) is 0 Å². The summed E-state index contributed by atoms with van der Waals surface area (Å²) in [6, 6.07) is 22.9. The highest BCUT2D eigenvalue weighted by Crippen LogP contribution is 2.23. The van der Waals surface area contributed by atoms with Crippen LogP contribution < -0.4 is 10.9 Å². The van der Waals surface area contributed by atoms with Gasteiger partial charge in [-0.3, -0.25) is 14.2 Å². The Labute approximate surface area is 208 Å². The van der Waals surface area contributed by atoms with E-state index in [0.29, 0.717) is 28.7 Å². The third-order valence-corrected chi connectivity index (χ3v) is 5.92. The SMILES string of the molecule is CN(C)Cc1cccc(-c2ccc(NC(=O)c3ccc4c(=O)n(Cc5ccoc5)cnc4c3)cc2)c1. The molecule has 0 aliphatic heterocycles. The lowest BCUT2D eigenvalue weighted by molar-refractivity contribution is 0.102. The minimum Gasteiger partial charge on any atom is -0.472 e. The molecule has 0 unspecified atom stereocenters. The maximum Gasteiger partial charge on any atom is 0.261 e. The van der Waals surface area contributed by atoms with Crippen LogP contribution in [0, 0.1) is 0 Å². The molecule has 0 bridgehead atoms. The molecular weight excluding hydrogens is 452 g/mol. The van der Waals surface area contributed by atoms with Crippen LogP contribution in [0.2, 0.25) is 0 Å². The number of carbonyl (C=O) groups excluding carboxylic acids is 1. The molecule has 7 nitrogen and oxygen atoms in total. The molecule has 36 heavy (non-hydrogen) atoms. The number of aromatic nitrogens is 2.